The van der Waals surface area contributed by atoms with E-state index >= 15 is 0 Å². The molecular formula is C13H14N4O3. The lowest BCUT2D eigenvalue weighted by Crippen LogP contribution is -2.39. The van der Waals surface area contributed by atoms with Crippen LogP contribution < -0.4 is 16.0 Å². The highest BCUT2D eigenvalue weighted by Gasteiger charge is 2.18. The van der Waals surface area contributed by atoms with Crippen molar-refractivity contribution in [1.82, 2.24) is 14.1 Å². The van der Waals surface area contributed by atoms with Crippen LogP contribution in [-0.2, 0) is 20.0 Å². The van der Waals surface area contributed by atoms with E-state index in [1.807, 2.05) is 13.0 Å². The fraction of sp³-hybridized carbons (Fsp3) is 0.385. The summed E-state index contributed by atoms with van der Waals surface area (Å²) in [5.41, 5.74) is -0.0883. The van der Waals surface area contributed by atoms with E-state index in [1.165, 1.54) is 18.7 Å². The Hall–Kier alpha value is -2.62. The fourth-order valence-electron chi connectivity index (χ4n) is 2.16. The van der Waals surface area contributed by atoms with Crippen LogP contribution in [0.2, 0.25) is 0 Å². The van der Waals surface area contributed by atoms with Gasteiger partial charge in [-0.1, -0.05) is 6.92 Å². The number of pyridine rings is 1. The molecule has 0 aliphatic rings. The molecule has 0 bridgehead atoms. The number of methoxy groups -OCH3 is 1. The van der Waals surface area contributed by atoms with Gasteiger partial charge in [-0.25, -0.2) is 14.3 Å². The van der Waals surface area contributed by atoms with Crippen LogP contribution in [0.3, 0.4) is 0 Å². The minimum atomic E-state index is -0.567. The normalized spacial score (nSPS) is 10.5. The molecule has 104 valence electrons. The van der Waals surface area contributed by atoms with Gasteiger partial charge in [0.25, 0.3) is 5.56 Å². The molecular weight excluding hydrogens is 260 g/mol. The molecule has 0 saturated carbocycles. The highest BCUT2D eigenvalue weighted by molar-refractivity contribution is 5.82. The lowest BCUT2D eigenvalue weighted by Gasteiger charge is -2.13. The van der Waals surface area contributed by atoms with Gasteiger partial charge in [0.05, 0.1) is 13.2 Å². The lowest BCUT2D eigenvalue weighted by molar-refractivity contribution is 0.413. The Balaban J connectivity index is 3.07. The third kappa shape index (κ3) is 1.86. The summed E-state index contributed by atoms with van der Waals surface area (Å²) in [6.07, 6.45) is 2.24. The van der Waals surface area contributed by atoms with E-state index in [2.05, 4.69) is 4.98 Å². The number of nitrogens with zero attached hydrogens (tertiary/aromatic N) is 4. The van der Waals surface area contributed by atoms with Crippen molar-refractivity contribution in [3.05, 3.63) is 32.6 Å². The van der Waals surface area contributed by atoms with Crippen molar-refractivity contribution in [1.29, 1.82) is 5.26 Å². The third-order valence-electron chi connectivity index (χ3n) is 3.19. The maximum absolute atomic E-state index is 12.4. The second-order valence-corrected chi connectivity index (χ2v) is 4.26. The Morgan fingerprint density at radius 3 is 2.70 bits per heavy atom. The predicted molar refractivity (Wildman–Crippen MR) is 72.8 cm³/mol. The van der Waals surface area contributed by atoms with Crippen LogP contribution in [0.5, 0.6) is 5.75 Å². The summed E-state index contributed by atoms with van der Waals surface area (Å²) in [5.74, 6) is 0.407. The van der Waals surface area contributed by atoms with Gasteiger partial charge in [-0.05, 0) is 6.42 Å². The Bertz CT molecular complexity index is 827. The van der Waals surface area contributed by atoms with Gasteiger partial charge in [-0.15, -0.1) is 0 Å². The zero-order valence-electron chi connectivity index (χ0n) is 11.5. The SMILES string of the molecule is CCc1cnc2c(c1OC)c(=O)n(CC#N)c(=O)n2C. The van der Waals surface area contributed by atoms with Gasteiger partial charge in [0.15, 0.2) is 5.65 Å². The molecule has 0 atom stereocenters. The number of ether oxygens (including phenoxy) is 1. The molecule has 0 saturated heterocycles. The molecule has 0 N–H and O–H groups in total. The third-order valence-corrected chi connectivity index (χ3v) is 3.19. The van der Waals surface area contributed by atoms with Crippen molar-refractivity contribution < 1.29 is 4.74 Å². The van der Waals surface area contributed by atoms with E-state index in [4.69, 9.17) is 10.00 Å². The zero-order valence-corrected chi connectivity index (χ0v) is 11.5. The molecule has 0 fully saturated rings. The molecule has 20 heavy (non-hydrogen) atoms. The van der Waals surface area contributed by atoms with E-state index in [-0.39, 0.29) is 17.6 Å². The molecule has 0 radical (unpaired) electrons. The average molecular weight is 274 g/mol. The molecule has 0 aliphatic heterocycles. The second kappa shape index (κ2) is 5.17. The van der Waals surface area contributed by atoms with E-state index in [0.29, 0.717) is 12.2 Å². The standard InChI is InChI=1S/C13H14N4O3/c1-4-8-7-15-11-9(10(8)20-3)12(18)17(6-5-14)13(19)16(11)2/h7H,4,6H2,1-3H3. The Labute approximate surface area is 114 Å². The minimum Gasteiger partial charge on any atom is -0.495 e. The van der Waals surface area contributed by atoms with Crippen molar-refractivity contribution in [3.8, 4) is 11.8 Å². The van der Waals surface area contributed by atoms with Crippen LogP contribution >= 0.6 is 0 Å². The Morgan fingerprint density at radius 1 is 1.45 bits per heavy atom. The van der Waals surface area contributed by atoms with Gasteiger partial charge < -0.3 is 4.74 Å². The minimum absolute atomic E-state index is 0.226. The van der Waals surface area contributed by atoms with E-state index in [0.717, 1.165) is 10.1 Å². The zero-order chi connectivity index (χ0) is 14.9. The van der Waals surface area contributed by atoms with E-state index in [1.54, 1.807) is 6.20 Å². The topological polar surface area (TPSA) is 89.9 Å². The van der Waals surface area contributed by atoms with Gasteiger partial charge in [-0.3, -0.25) is 9.36 Å². The molecule has 0 unspecified atom stereocenters. The number of hydrogen-bond donors (Lipinski definition) is 0. The van der Waals surface area contributed by atoms with Gasteiger partial charge in [-0.2, -0.15) is 5.26 Å². The van der Waals surface area contributed by atoms with Crippen molar-refractivity contribution in [2.75, 3.05) is 7.11 Å². The van der Waals surface area contributed by atoms with Crippen LogP contribution in [-0.4, -0.2) is 21.2 Å². The Kier molecular flexibility index (Phi) is 3.57. The maximum Gasteiger partial charge on any atom is 0.333 e. The van der Waals surface area contributed by atoms with E-state index < -0.39 is 11.2 Å². The summed E-state index contributed by atoms with van der Waals surface area (Å²) in [6.45, 7) is 1.61. The largest absolute Gasteiger partial charge is 0.495 e. The highest BCUT2D eigenvalue weighted by Crippen LogP contribution is 2.24. The summed E-state index contributed by atoms with van der Waals surface area (Å²) < 4.78 is 7.43. The lowest BCUT2D eigenvalue weighted by atomic mass is 10.1. The van der Waals surface area contributed by atoms with Gasteiger partial charge in [0.2, 0.25) is 0 Å². The summed E-state index contributed by atoms with van der Waals surface area (Å²) in [7, 11) is 2.98. The average Bonchev–Trinajstić information content (AvgIpc) is 2.47. The fourth-order valence-corrected chi connectivity index (χ4v) is 2.16. The van der Waals surface area contributed by atoms with Gasteiger partial charge in [0.1, 0.15) is 17.7 Å². The molecule has 0 spiro atoms. The maximum atomic E-state index is 12.4. The van der Waals surface area contributed by atoms with Gasteiger partial charge in [0, 0.05) is 18.8 Å². The van der Waals surface area contributed by atoms with Crippen LogP contribution in [0, 0.1) is 11.3 Å². The first kappa shape index (κ1) is 13.8. The molecule has 0 aliphatic carbocycles. The quantitative estimate of drug-likeness (QED) is 0.797. The van der Waals surface area contributed by atoms with Crippen LogP contribution in [0.15, 0.2) is 15.8 Å². The van der Waals surface area contributed by atoms with Crippen molar-refractivity contribution in [2.45, 2.75) is 19.9 Å². The van der Waals surface area contributed by atoms with Crippen LogP contribution in [0.1, 0.15) is 12.5 Å². The molecule has 7 heteroatoms. The second-order valence-electron chi connectivity index (χ2n) is 4.26. The number of nitriles is 1. The van der Waals surface area contributed by atoms with Crippen molar-refractivity contribution >= 4 is 11.0 Å². The number of fused-ring (bicyclic) bond motifs is 1. The van der Waals surface area contributed by atoms with Crippen LogP contribution in [0.4, 0.5) is 0 Å². The molecule has 0 amide bonds. The molecule has 2 aromatic heterocycles. The van der Waals surface area contributed by atoms with Gasteiger partial charge >= 0.3 is 5.69 Å². The Morgan fingerprint density at radius 2 is 2.15 bits per heavy atom. The number of aromatic nitrogens is 3. The first-order chi connectivity index (χ1) is 9.56. The van der Waals surface area contributed by atoms with Crippen molar-refractivity contribution in [3.63, 3.8) is 0 Å². The summed E-state index contributed by atoms with van der Waals surface area (Å²) in [6, 6.07) is 1.81. The molecule has 0 aromatic carbocycles. The molecule has 2 aromatic rings. The van der Waals surface area contributed by atoms with E-state index in [9.17, 15) is 9.59 Å². The number of rotatable bonds is 3. The molecule has 2 rings (SSSR count). The number of aryl methyl sites for hydroxylation is 2. The van der Waals surface area contributed by atoms with Crippen molar-refractivity contribution in [2.24, 2.45) is 7.05 Å². The first-order valence-corrected chi connectivity index (χ1v) is 6.09. The molecule has 2 heterocycles. The summed E-state index contributed by atoms with van der Waals surface area (Å²) >= 11 is 0. The summed E-state index contributed by atoms with van der Waals surface area (Å²) in [5, 5.41) is 8.98. The molecule has 7 nitrogen and oxygen atoms in total. The monoisotopic (exact) mass is 274 g/mol. The van der Waals surface area contributed by atoms with Crippen LogP contribution in [0.25, 0.3) is 11.0 Å². The predicted octanol–water partition coefficient (Wildman–Crippen LogP) is 0.190. The number of hydrogen-bond acceptors (Lipinski definition) is 5. The smallest absolute Gasteiger partial charge is 0.333 e. The highest BCUT2D eigenvalue weighted by atomic mass is 16.5. The summed E-state index contributed by atoms with van der Waals surface area (Å²) in [4.78, 5) is 28.6. The first-order valence-electron chi connectivity index (χ1n) is 6.09.